The first kappa shape index (κ1) is 13.3. The van der Waals surface area contributed by atoms with Crippen LogP contribution in [0.5, 0.6) is 5.88 Å². The number of nitrogens with two attached hydrogens (primary N) is 2. The summed E-state index contributed by atoms with van der Waals surface area (Å²) in [6.45, 7) is 6.83. The molecule has 1 aromatic heterocycles. The lowest BCUT2D eigenvalue weighted by molar-refractivity contribution is 0.0995. The van der Waals surface area contributed by atoms with Crippen molar-refractivity contribution in [3.8, 4) is 5.88 Å². The number of nitrogens with zero attached hydrogens (tertiary/aromatic N) is 1. The molecule has 0 aliphatic rings. The van der Waals surface area contributed by atoms with E-state index in [2.05, 4.69) is 25.8 Å². The summed E-state index contributed by atoms with van der Waals surface area (Å²) in [4.78, 5) is 15.2. The van der Waals surface area contributed by atoms with Gasteiger partial charge in [-0.25, -0.2) is 4.98 Å². The maximum absolute atomic E-state index is 11.2. The Kier molecular flexibility index (Phi) is 3.93. The summed E-state index contributed by atoms with van der Waals surface area (Å²) in [6, 6.07) is 1.47. The summed E-state index contributed by atoms with van der Waals surface area (Å²) in [7, 11) is 0. The zero-order valence-corrected chi connectivity index (χ0v) is 10.5. The van der Waals surface area contributed by atoms with E-state index >= 15 is 0 Å². The van der Waals surface area contributed by atoms with Crippen molar-refractivity contribution >= 4 is 11.6 Å². The van der Waals surface area contributed by atoms with Crippen LogP contribution in [0.15, 0.2) is 12.3 Å². The summed E-state index contributed by atoms with van der Waals surface area (Å²) >= 11 is 0. The number of hydrogen-bond acceptors (Lipinski definition) is 4. The molecule has 1 aromatic rings. The van der Waals surface area contributed by atoms with E-state index in [0.717, 1.165) is 6.42 Å². The summed E-state index contributed by atoms with van der Waals surface area (Å²) < 4.78 is 5.46. The average molecular weight is 237 g/mol. The second-order valence-corrected chi connectivity index (χ2v) is 5.14. The molecule has 0 unspecified atom stereocenters. The van der Waals surface area contributed by atoms with E-state index in [-0.39, 0.29) is 16.9 Å². The van der Waals surface area contributed by atoms with Gasteiger partial charge in [-0.15, -0.1) is 0 Å². The van der Waals surface area contributed by atoms with Crippen LogP contribution >= 0.6 is 0 Å². The normalized spacial score (nSPS) is 11.2. The average Bonchev–Trinajstić information content (AvgIpc) is 2.18. The molecule has 1 rings (SSSR count). The van der Waals surface area contributed by atoms with E-state index in [9.17, 15) is 4.79 Å². The standard InChI is InChI=1S/C12H19N3O2/c1-12(2,3)4-5-17-11-9(10(14)16)6-8(13)7-15-11/h6-7H,4-5,13H2,1-3H3,(H2,14,16). The van der Waals surface area contributed by atoms with Gasteiger partial charge in [0.2, 0.25) is 5.88 Å². The van der Waals surface area contributed by atoms with Gasteiger partial charge in [0.05, 0.1) is 18.5 Å². The third-order valence-corrected chi connectivity index (χ3v) is 2.23. The van der Waals surface area contributed by atoms with Crippen LogP contribution in [0.25, 0.3) is 0 Å². The highest BCUT2D eigenvalue weighted by Gasteiger charge is 2.14. The Morgan fingerprint density at radius 3 is 2.65 bits per heavy atom. The second-order valence-electron chi connectivity index (χ2n) is 5.14. The molecule has 0 bridgehead atoms. The largest absolute Gasteiger partial charge is 0.477 e. The van der Waals surface area contributed by atoms with Gasteiger partial charge < -0.3 is 16.2 Å². The van der Waals surface area contributed by atoms with Crippen LogP contribution in [-0.4, -0.2) is 17.5 Å². The number of nitrogen functional groups attached to an aromatic ring is 1. The maximum atomic E-state index is 11.2. The number of primary amides is 1. The lowest BCUT2D eigenvalue weighted by Crippen LogP contribution is -2.16. The van der Waals surface area contributed by atoms with Gasteiger partial charge in [-0.05, 0) is 17.9 Å². The maximum Gasteiger partial charge on any atom is 0.254 e. The molecule has 94 valence electrons. The van der Waals surface area contributed by atoms with Gasteiger partial charge in [0.1, 0.15) is 5.56 Å². The van der Waals surface area contributed by atoms with Crippen molar-refractivity contribution in [3.63, 3.8) is 0 Å². The molecule has 5 heteroatoms. The minimum absolute atomic E-state index is 0.167. The van der Waals surface area contributed by atoms with Crippen molar-refractivity contribution in [2.24, 2.45) is 11.1 Å². The van der Waals surface area contributed by atoms with Crippen molar-refractivity contribution in [2.75, 3.05) is 12.3 Å². The smallest absolute Gasteiger partial charge is 0.254 e. The molecule has 4 N–H and O–H groups in total. The summed E-state index contributed by atoms with van der Waals surface area (Å²) in [5, 5.41) is 0. The van der Waals surface area contributed by atoms with E-state index in [0.29, 0.717) is 12.3 Å². The quantitative estimate of drug-likeness (QED) is 0.831. The van der Waals surface area contributed by atoms with Crippen LogP contribution < -0.4 is 16.2 Å². The van der Waals surface area contributed by atoms with Crippen LogP contribution in [0.2, 0.25) is 0 Å². The van der Waals surface area contributed by atoms with Crippen molar-refractivity contribution in [1.29, 1.82) is 0 Å². The first-order chi connectivity index (χ1) is 7.79. The number of amides is 1. The van der Waals surface area contributed by atoms with Crippen molar-refractivity contribution < 1.29 is 9.53 Å². The van der Waals surface area contributed by atoms with Crippen molar-refractivity contribution in [3.05, 3.63) is 17.8 Å². The molecule has 0 aliphatic carbocycles. The Labute approximate surface area is 101 Å². The molecule has 0 saturated heterocycles. The Balaban J connectivity index is 2.74. The molecule has 0 aliphatic heterocycles. The Bertz CT molecular complexity index is 411. The summed E-state index contributed by atoms with van der Waals surface area (Å²) in [5.41, 5.74) is 11.5. The zero-order chi connectivity index (χ0) is 13.1. The number of hydrogen-bond donors (Lipinski definition) is 2. The number of carbonyl (C=O) groups is 1. The highest BCUT2D eigenvalue weighted by molar-refractivity contribution is 5.95. The van der Waals surface area contributed by atoms with Crippen LogP contribution in [0.4, 0.5) is 5.69 Å². The monoisotopic (exact) mass is 237 g/mol. The molecule has 0 fully saturated rings. The molecule has 0 saturated carbocycles. The van der Waals surface area contributed by atoms with Crippen molar-refractivity contribution in [1.82, 2.24) is 4.98 Å². The van der Waals surface area contributed by atoms with Crippen LogP contribution in [-0.2, 0) is 0 Å². The number of ether oxygens (including phenoxy) is 1. The number of aromatic nitrogens is 1. The molecular formula is C12H19N3O2. The summed E-state index contributed by atoms with van der Waals surface area (Å²) in [6.07, 6.45) is 2.30. The van der Waals surface area contributed by atoms with Crippen molar-refractivity contribution in [2.45, 2.75) is 27.2 Å². The van der Waals surface area contributed by atoms with Gasteiger partial charge in [0.15, 0.2) is 0 Å². The fraction of sp³-hybridized carbons (Fsp3) is 0.500. The van der Waals surface area contributed by atoms with E-state index in [4.69, 9.17) is 16.2 Å². The molecule has 5 nitrogen and oxygen atoms in total. The Morgan fingerprint density at radius 1 is 1.47 bits per heavy atom. The van der Waals surface area contributed by atoms with Gasteiger partial charge in [0.25, 0.3) is 5.91 Å². The lowest BCUT2D eigenvalue weighted by atomic mass is 9.93. The van der Waals surface area contributed by atoms with Gasteiger partial charge >= 0.3 is 0 Å². The van der Waals surface area contributed by atoms with Crippen LogP contribution in [0.3, 0.4) is 0 Å². The molecule has 0 aromatic carbocycles. The van der Waals surface area contributed by atoms with Gasteiger partial charge in [0, 0.05) is 0 Å². The third kappa shape index (κ3) is 4.30. The Hall–Kier alpha value is -1.78. The van der Waals surface area contributed by atoms with Crippen LogP contribution in [0.1, 0.15) is 37.6 Å². The fourth-order valence-electron chi connectivity index (χ4n) is 1.21. The molecular weight excluding hydrogens is 218 g/mol. The third-order valence-electron chi connectivity index (χ3n) is 2.23. The number of pyridine rings is 1. The topological polar surface area (TPSA) is 91.2 Å². The molecule has 1 amide bonds. The number of rotatable bonds is 4. The lowest BCUT2D eigenvalue weighted by Gasteiger charge is -2.18. The predicted molar refractivity (Wildman–Crippen MR) is 66.7 cm³/mol. The number of anilines is 1. The first-order valence-electron chi connectivity index (χ1n) is 5.48. The SMILES string of the molecule is CC(C)(C)CCOc1ncc(N)cc1C(N)=O. The summed E-state index contributed by atoms with van der Waals surface area (Å²) in [5.74, 6) is -0.341. The fourth-order valence-corrected chi connectivity index (χ4v) is 1.21. The predicted octanol–water partition coefficient (Wildman–Crippen LogP) is 1.58. The highest BCUT2D eigenvalue weighted by atomic mass is 16.5. The molecule has 0 atom stereocenters. The minimum Gasteiger partial charge on any atom is -0.477 e. The Morgan fingerprint density at radius 2 is 2.12 bits per heavy atom. The number of carbonyl (C=O) groups excluding carboxylic acids is 1. The highest BCUT2D eigenvalue weighted by Crippen LogP contribution is 2.21. The van der Waals surface area contributed by atoms with Gasteiger partial charge in [-0.2, -0.15) is 0 Å². The van der Waals surface area contributed by atoms with Gasteiger partial charge in [-0.1, -0.05) is 20.8 Å². The van der Waals surface area contributed by atoms with E-state index in [1.165, 1.54) is 12.3 Å². The molecule has 0 radical (unpaired) electrons. The van der Waals surface area contributed by atoms with E-state index < -0.39 is 5.91 Å². The first-order valence-corrected chi connectivity index (χ1v) is 5.48. The zero-order valence-electron chi connectivity index (χ0n) is 10.5. The van der Waals surface area contributed by atoms with E-state index in [1.807, 2.05) is 0 Å². The van der Waals surface area contributed by atoms with Crippen LogP contribution in [0, 0.1) is 5.41 Å². The molecule has 17 heavy (non-hydrogen) atoms. The molecule has 0 spiro atoms. The van der Waals surface area contributed by atoms with E-state index in [1.54, 1.807) is 0 Å². The second kappa shape index (κ2) is 5.03. The molecule has 1 heterocycles. The minimum atomic E-state index is -0.587. The van der Waals surface area contributed by atoms with Gasteiger partial charge in [-0.3, -0.25) is 4.79 Å².